The van der Waals surface area contributed by atoms with E-state index in [4.69, 9.17) is 0 Å². The summed E-state index contributed by atoms with van der Waals surface area (Å²) in [6.07, 6.45) is 3.91. The average molecular weight is 490 g/mol. The number of carbonyl (C=O) groups is 1. The zero-order valence-corrected chi connectivity index (χ0v) is 18.5. The number of carbonyl (C=O) groups excluding carboxylic acids is 1. The van der Waals surface area contributed by atoms with Crippen LogP contribution < -0.4 is 5.56 Å². The van der Waals surface area contributed by atoms with Gasteiger partial charge in [0.2, 0.25) is 0 Å². The fraction of sp³-hybridized carbons (Fsp3) is 0.120. The molecule has 0 aliphatic heterocycles. The van der Waals surface area contributed by atoms with Gasteiger partial charge < -0.3 is 19.5 Å². The highest BCUT2D eigenvalue weighted by atomic mass is 19.2. The lowest BCUT2D eigenvalue weighted by Gasteiger charge is -2.15. The van der Waals surface area contributed by atoms with E-state index in [1.54, 1.807) is 6.20 Å². The topological polar surface area (TPSA) is 112 Å². The van der Waals surface area contributed by atoms with Gasteiger partial charge in [0.15, 0.2) is 11.4 Å². The molecule has 1 unspecified atom stereocenters. The number of aromatic amines is 3. The van der Waals surface area contributed by atoms with Gasteiger partial charge in [-0.3, -0.25) is 9.59 Å². The Morgan fingerprint density at radius 3 is 2.86 bits per heavy atom. The lowest BCUT2D eigenvalue weighted by atomic mass is 9.93. The third kappa shape index (κ3) is 3.56. The summed E-state index contributed by atoms with van der Waals surface area (Å²) in [6, 6.07) is 7.22. The van der Waals surface area contributed by atoms with Crippen molar-refractivity contribution in [3.8, 4) is 11.3 Å². The van der Waals surface area contributed by atoms with Gasteiger partial charge in [-0.1, -0.05) is 0 Å². The smallest absolute Gasteiger partial charge is 0.275 e. The Balaban J connectivity index is 1.32. The Hall–Kier alpha value is -4.67. The molecule has 0 amide bonds. The van der Waals surface area contributed by atoms with Crippen molar-refractivity contribution in [2.75, 3.05) is 0 Å². The van der Waals surface area contributed by atoms with Crippen molar-refractivity contribution in [1.29, 1.82) is 0 Å². The molecule has 5 aromatic heterocycles. The molecule has 0 saturated carbocycles. The second-order valence-electron chi connectivity index (χ2n) is 8.46. The fourth-order valence-electron chi connectivity index (χ4n) is 4.41. The van der Waals surface area contributed by atoms with Crippen LogP contribution in [0.25, 0.3) is 33.3 Å². The van der Waals surface area contributed by atoms with E-state index in [0.717, 1.165) is 11.3 Å². The highest BCUT2D eigenvalue weighted by Crippen LogP contribution is 2.32. The first kappa shape index (κ1) is 21.8. The Kier molecular flexibility index (Phi) is 4.99. The molecule has 5 aromatic rings. The highest BCUT2D eigenvalue weighted by molar-refractivity contribution is 6.17. The number of rotatable bonds is 5. The van der Waals surface area contributed by atoms with Crippen LogP contribution in [0.5, 0.6) is 0 Å². The van der Waals surface area contributed by atoms with Gasteiger partial charge in [-0.05, 0) is 24.3 Å². The Morgan fingerprint density at radius 1 is 1.22 bits per heavy atom. The monoisotopic (exact) mass is 490 g/mol. The van der Waals surface area contributed by atoms with Gasteiger partial charge >= 0.3 is 0 Å². The molecule has 5 heterocycles. The van der Waals surface area contributed by atoms with Crippen molar-refractivity contribution in [3.63, 3.8) is 0 Å². The molecule has 11 heteroatoms. The first-order chi connectivity index (χ1) is 17.4. The van der Waals surface area contributed by atoms with E-state index in [1.807, 2.05) is 24.4 Å². The average Bonchev–Trinajstić information content (AvgIpc) is 3.59. The van der Waals surface area contributed by atoms with Crippen LogP contribution in [0.15, 0.2) is 77.2 Å². The largest absolute Gasteiger partial charge is 0.361 e. The van der Waals surface area contributed by atoms with Crippen LogP contribution in [0.1, 0.15) is 22.6 Å². The highest BCUT2D eigenvalue weighted by Gasteiger charge is 2.31. The molecular weight excluding hydrogens is 473 g/mol. The summed E-state index contributed by atoms with van der Waals surface area (Å²) in [5, 5.41) is 0.214. The van der Waals surface area contributed by atoms with Crippen molar-refractivity contribution >= 4 is 27.9 Å². The number of alkyl halides is 1. The molecule has 0 fully saturated rings. The number of nitrogens with zero attached hydrogens (tertiary/aromatic N) is 3. The molecule has 1 aliphatic carbocycles. The summed E-state index contributed by atoms with van der Waals surface area (Å²) in [4.78, 5) is 43.8. The summed E-state index contributed by atoms with van der Waals surface area (Å²) in [6.45, 7) is 0.0989. The minimum atomic E-state index is -2.10. The minimum Gasteiger partial charge on any atom is -0.361 e. The molecule has 6 rings (SSSR count). The Labute approximate surface area is 200 Å². The standard InChI is InChI=1S/C25H17F3N6O2/c26-13-7-16(27)21(17(28)8-13)23(35)15-10-30-22-14(15)3-5-34(25(22)36)11-20-32-19-6-12(9-31-24(19)33-20)18-2-1-4-29-18/h1-7,9-10,17,29-30H,8,11H2,(H,31,32,33). The molecule has 8 nitrogen and oxygen atoms in total. The number of halogens is 3. The molecule has 1 atom stereocenters. The normalized spacial score (nSPS) is 16.2. The van der Waals surface area contributed by atoms with Gasteiger partial charge in [0.05, 0.1) is 17.6 Å². The van der Waals surface area contributed by atoms with E-state index in [-0.39, 0.29) is 23.0 Å². The van der Waals surface area contributed by atoms with Crippen LogP contribution in [0.4, 0.5) is 13.2 Å². The van der Waals surface area contributed by atoms with Crippen LogP contribution in [0.3, 0.4) is 0 Å². The fourth-order valence-corrected chi connectivity index (χ4v) is 4.41. The van der Waals surface area contributed by atoms with Crippen LogP contribution >= 0.6 is 0 Å². The molecule has 0 bridgehead atoms. The summed E-state index contributed by atoms with van der Waals surface area (Å²) in [5.74, 6) is -2.67. The molecule has 0 spiro atoms. The quantitative estimate of drug-likeness (QED) is 0.312. The lowest BCUT2D eigenvalue weighted by Crippen LogP contribution is -2.21. The Morgan fingerprint density at radius 2 is 2.08 bits per heavy atom. The van der Waals surface area contributed by atoms with E-state index in [0.29, 0.717) is 23.1 Å². The molecule has 36 heavy (non-hydrogen) atoms. The molecule has 3 N–H and O–H groups in total. The first-order valence-corrected chi connectivity index (χ1v) is 11.0. The predicted octanol–water partition coefficient (Wildman–Crippen LogP) is 4.65. The maximum absolute atomic E-state index is 14.3. The number of Topliss-reactive ketones (excluding diaryl/α,β-unsaturated/α-hetero) is 1. The molecular formula is C25H17F3N6O2. The lowest BCUT2D eigenvalue weighted by molar-refractivity contribution is 0.101. The maximum Gasteiger partial charge on any atom is 0.275 e. The van der Waals surface area contributed by atoms with Gasteiger partial charge in [0.1, 0.15) is 29.2 Å². The molecule has 1 aliphatic rings. The van der Waals surface area contributed by atoms with Gasteiger partial charge in [0.25, 0.3) is 5.56 Å². The molecule has 180 valence electrons. The van der Waals surface area contributed by atoms with E-state index in [2.05, 4.69) is 24.9 Å². The number of pyridine rings is 2. The Bertz CT molecular complexity index is 1770. The van der Waals surface area contributed by atoms with E-state index in [1.165, 1.54) is 23.0 Å². The number of ketones is 1. The zero-order chi connectivity index (χ0) is 25.0. The van der Waals surface area contributed by atoms with Crippen LogP contribution in [0, 0.1) is 0 Å². The second kappa shape index (κ2) is 8.22. The first-order valence-electron chi connectivity index (χ1n) is 11.0. The van der Waals surface area contributed by atoms with Crippen molar-refractivity contribution in [2.24, 2.45) is 0 Å². The summed E-state index contributed by atoms with van der Waals surface area (Å²) >= 11 is 0. The van der Waals surface area contributed by atoms with Crippen LogP contribution in [0.2, 0.25) is 0 Å². The predicted molar refractivity (Wildman–Crippen MR) is 127 cm³/mol. The van der Waals surface area contributed by atoms with E-state index in [9.17, 15) is 22.8 Å². The number of hydrogen-bond acceptors (Lipinski definition) is 4. The summed E-state index contributed by atoms with van der Waals surface area (Å²) < 4.78 is 43.2. The van der Waals surface area contributed by atoms with Crippen LogP contribution in [-0.4, -0.2) is 41.4 Å². The van der Waals surface area contributed by atoms with Crippen molar-refractivity contribution in [2.45, 2.75) is 19.1 Å². The van der Waals surface area contributed by atoms with Crippen molar-refractivity contribution in [3.05, 3.63) is 94.1 Å². The molecule has 0 radical (unpaired) electrons. The van der Waals surface area contributed by atoms with Crippen LogP contribution in [-0.2, 0) is 6.54 Å². The van der Waals surface area contributed by atoms with Crippen molar-refractivity contribution < 1.29 is 18.0 Å². The molecule has 0 saturated heterocycles. The van der Waals surface area contributed by atoms with Crippen molar-refractivity contribution in [1.82, 2.24) is 29.5 Å². The van der Waals surface area contributed by atoms with Gasteiger partial charge in [-0.25, -0.2) is 23.1 Å². The summed E-state index contributed by atoms with van der Waals surface area (Å²) in [7, 11) is 0. The van der Waals surface area contributed by atoms with Gasteiger partial charge in [0, 0.05) is 59.5 Å². The number of nitrogens with one attached hydrogen (secondary N) is 3. The number of fused-ring (bicyclic) bond motifs is 2. The zero-order valence-electron chi connectivity index (χ0n) is 18.5. The number of aromatic nitrogens is 6. The number of imidazole rings is 1. The minimum absolute atomic E-state index is 0.0671. The van der Waals surface area contributed by atoms with Gasteiger partial charge in [-0.2, -0.15) is 0 Å². The third-order valence-electron chi connectivity index (χ3n) is 6.15. The number of allylic oxidation sites excluding steroid dienone is 4. The molecule has 0 aromatic carbocycles. The summed E-state index contributed by atoms with van der Waals surface area (Å²) in [5.41, 5.74) is 1.80. The number of H-pyrrole nitrogens is 3. The van der Waals surface area contributed by atoms with Gasteiger partial charge in [-0.15, -0.1) is 0 Å². The third-order valence-corrected chi connectivity index (χ3v) is 6.15. The number of hydrogen-bond donors (Lipinski definition) is 3. The van der Waals surface area contributed by atoms with E-state index >= 15 is 0 Å². The SMILES string of the molecule is O=C(C1=C(F)C=C(F)CC1F)c1c[nH]c2c(=O)n(Cc3nc4ncc(-c5ccc[nH]5)cc4[nH]3)ccc12. The van der Waals surface area contributed by atoms with E-state index < -0.39 is 41.2 Å². The maximum atomic E-state index is 14.3. The second-order valence-corrected chi connectivity index (χ2v) is 8.46.